The first-order valence-electron chi connectivity index (χ1n) is 23.6. The lowest BCUT2D eigenvalue weighted by Crippen LogP contribution is -2.71. The smallest absolute Gasteiger partial charge is 0.329 e. The minimum Gasteiger partial charge on any atom is -0.489 e. The van der Waals surface area contributed by atoms with Crippen molar-refractivity contribution in [1.29, 1.82) is 5.26 Å². The number of amides is 3. The van der Waals surface area contributed by atoms with Crippen LogP contribution in [0.3, 0.4) is 0 Å². The Morgan fingerprint density at radius 2 is 1.69 bits per heavy atom. The molecule has 3 amide bonds. The average molecular weight is 1030 g/mol. The number of rotatable bonds is 17. The molecule has 19 nitrogen and oxygen atoms in total. The number of imide groups is 1. The molecular formula is C49H55Cl2N11O8S. The maximum atomic E-state index is 13.5. The molecule has 22 heteroatoms. The maximum Gasteiger partial charge on any atom is 0.329 e. The fraction of sp³-hybridized carbons (Fsp3) is 0.449. The van der Waals surface area contributed by atoms with Crippen molar-refractivity contribution in [3.8, 4) is 17.6 Å². The third kappa shape index (κ3) is 10.3. The van der Waals surface area contributed by atoms with Crippen LogP contribution in [0.15, 0.2) is 71.7 Å². The highest BCUT2D eigenvalue weighted by atomic mass is 35.5. The topological polar surface area (TPSA) is 226 Å². The number of nitrogens with zero attached hydrogens (tertiary/aromatic N) is 8. The van der Waals surface area contributed by atoms with Crippen LogP contribution < -0.4 is 30.5 Å². The van der Waals surface area contributed by atoms with E-state index in [1.165, 1.54) is 15.3 Å². The number of para-hydroxylation sites is 1. The van der Waals surface area contributed by atoms with Crippen LogP contribution in [0.1, 0.15) is 68.0 Å². The Balaban J connectivity index is 0.701. The highest BCUT2D eigenvalue weighted by Gasteiger charge is 2.44. The number of nitrogens with one attached hydrogen (secondary N) is 3. The molecule has 5 aromatic rings. The summed E-state index contributed by atoms with van der Waals surface area (Å²) in [6.07, 6.45) is 2.83. The second-order valence-corrected chi connectivity index (χ2v) is 21.7. The first-order chi connectivity index (χ1) is 34.0. The third-order valence-electron chi connectivity index (χ3n) is 14.2. The molecule has 71 heavy (non-hydrogen) atoms. The quantitative estimate of drug-likeness (QED) is 0.0869. The summed E-state index contributed by atoms with van der Waals surface area (Å²) < 4.78 is 44.2. The lowest BCUT2D eigenvalue weighted by atomic mass is 9.77. The second kappa shape index (κ2) is 20.5. The van der Waals surface area contributed by atoms with Gasteiger partial charge in [0.1, 0.15) is 31.1 Å². The molecule has 374 valence electrons. The first-order valence-corrected chi connectivity index (χ1v) is 26.0. The number of anilines is 2. The molecule has 0 bridgehead atoms. The maximum absolute atomic E-state index is 13.5. The number of hydrogen-bond acceptors (Lipinski definition) is 14. The predicted octanol–water partition coefficient (Wildman–Crippen LogP) is 4.37. The van der Waals surface area contributed by atoms with Crippen LogP contribution in [0.4, 0.5) is 11.6 Å². The summed E-state index contributed by atoms with van der Waals surface area (Å²) in [6, 6.07) is 20.1. The number of benzene rings is 3. The van der Waals surface area contributed by atoms with Gasteiger partial charge in [-0.2, -0.15) is 5.26 Å². The monoisotopic (exact) mass is 1030 g/mol. The van der Waals surface area contributed by atoms with Gasteiger partial charge < -0.3 is 19.7 Å². The van der Waals surface area contributed by atoms with E-state index < -0.39 is 32.6 Å². The van der Waals surface area contributed by atoms with Crippen LogP contribution in [0, 0.1) is 11.3 Å². The third-order valence-corrected chi connectivity index (χ3v) is 16.5. The van der Waals surface area contributed by atoms with Crippen LogP contribution in [-0.2, 0) is 43.5 Å². The molecule has 0 radical (unpaired) electrons. The lowest BCUT2D eigenvalue weighted by molar-refractivity contribution is -0.140. The van der Waals surface area contributed by atoms with Gasteiger partial charge >= 0.3 is 5.69 Å². The van der Waals surface area contributed by atoms with Crippen LogP contribution in [0.25, 0.3) is 11.0 Å². The zero-order chi connectivity index (χ0) is 50.2. The van der Waals surface area contributed by atoms with Crippen molar-refractivity contribution in [2.45, 2.75) is 74.9 Å². The van der Waals surface area contributed by atoms with E-state index in [0.717, 1.165) is 24.2 Å². The van der Waals surface area contributed by atoms with Gasteiger partial charge in [0, 0.05) is 63.3 Å². The van der Waals surface area contributed by atoms with Crippen molar-refractivity contribution in [2.24, 2.45) is 7.05 Å². The number of carbonyl (C=O) groups excluding carboxylic acids is 3. The van der Waals surface area contributed by atoms with E-state index in [0.29, 0.717) is 89.6 Å². The minimum atomic E-state index is -3.77. The Kier molecular flexibility index (Phi) is 14.3. The summed E-state index contributed by atoms with van der Waals surface area (Å²) in [4.78, 5) is 66.0. The normalized spacial score (nSPS) is 18.6. The summed E-state index contributed by atoms with van der Waals surface area (Å²) in [7, 11) is -2.14. The van der Waals surface area contributed by atoms with Crippen molar-refractivity contribution in [3.05, 3.63) is 105 Å². The van der Waals surface area contributed by atoms with Crippen LogP contribution >= 0.6 is 23.2 Å². The number of nitriles is 1. The van der Waals surface area contributed by atoms with Crippen LogP contribution in [0.5, 0.6) is 11.5 Å². The zero-order valence-corrected chi connectivity index (χ0v) is 41.9. The number of halogens is 2. The molecule has 3 aromatic carbocycles. The summed E-state index contributed by atoms with van der Waals surface area (Å²) in [5.74, 6) is 0.238. The molecular weight excluding hydrogens is 974 g/mol. The van der Waals surface area contributed by atoms with Crippen molar-refractivity contribution in [3.63, 3.8) is 0 Å². The number of alkyl halides is 1. The lowest BCUT2D eigenvalue weighted by Gasteiger charge is -2.54. The highest BCUT2D eigenvalue weighted by Crippen LogP contribution is 2.39. The molecule has 4 aliphatic rings. The first kappa shape index (κ1) is 49.7. The fourth-order valence-electron chi connectivity index (χ4n) is 9.90. The largest absolute Gasteiger partial charge is 0.489 e. The van der Waals surface area contributed by atoms with Gasteiger partial charge in [0.25, 0.3) is 0 Å². The molecule has 4 aliphatic heterocycles. The number of sulfonamides is 1. The van der Waals surface area contributed by atoms with Gasteiger partial charge in [0.05, 0.1) is 50.7 Å². The number of hydrogen-bond donors (Lipinski definition) is 3. The summed E-state index contributed by atoms with van der Waals surface area (Å²) in [5.41, 5.74) is 3.46. The number of likely N-dealkylation sites (tertiary alicyclic amines) is 3. The van der Waals surface area contributed by atoms with Gasteiger partial charge in [0.15, 0.2) is 5.75 Å². The number of carbonyl (C=O) groups is 3. The van der Waals surface area contributed by atoms with E-state index in [4.69, 9.17) is 32.7 Å². The Morgan fingerprint density at radius 3 is 2.39 bits per heavy atom. The van der Waals surface area contributed by atoms with Crippen molar-refractivity contribution in [2.75, 3.05) is 68.3 Å². The Morgan fingerprint density at radius 1 is 0.958 bits per heavy atom. The molecule has 3 N–H and O–H groups in total. The summed E-state index contributed by atoms with van der Waals surface area (Å²) in [6.45, 7) is 8.65. The molecule has 0 saturated carbocycles. The van der Waals surface area contributed by atoms with Gasteiger partial charge in [-0.1, -0.05) is 43.6 Å². The van der Waals surface area contributed by atoms with E-state index >= 15 is 0 Å². The number of imidazole rings is 1. The van der Waals surface area contributed by atoms with Gasteiger partial charge in [-0.25, -0.2) is 23.2 Å². The van der Waals surface area contributed by atoms with Crippen molar-refractivity contribution >= 4 is 73.6 Å². The number of aryl methyl sites for hydroxylation is 1. The molecule has 0 aliphatic carbocycles. The SMILES string of the molecule is Cn1c(=O)n(C2CCC(=O)NC2=O)c2cccc(NCC(=O)N3CC(N4CC(N5CCC(S(=O)(=O)Nc6nccc(COc7ccc(C(C)(C)c8cc(Cl)c(OCCCl)c(C#N)c8)cc7)n6)CC5)C4)C3)c21. The molecule has 4 fully saturated rings. The van der Waals surface area contributed by atoms with Crippen molar-refractivity contribution < 1.29 is 32.3 Å². The Bertz CT molecular complexity index is 3070. The molecule has 0 spiro atoms. The standard InChI is InChI=1S/C49H55Cl2N11O8S/c1-49(2,32-21-30(23-52)45(38(51)22-32)69-20-16-50)31-7-9-36(10-8-31)70-29-33-13-17-53-47(55-33)57-71(67,68)37-14-18-59(19-15-37)34-25-60(26-34)35-27-61(28-35)43(64)24-54-39-5-4-6-40-44(39)58(3)48(66)62(40)41-11-12-42(63)56-46(41)65/h4-10,13,17,21-22,34-35,37,41,54H,11-12,14-16,18-20,24-29H2,1-3H3,(H,53,55,57)(H,56,63,65). The van der Waals surface area contributed by atoms with E-state index in [-0.39, 0.29) is 68.0 Å². The molecule has 4 saturated heterocycles. The number of ether oxygens (including phenoxy) is 2. The van der Waals surface area contributed by atoms with Gasteiger partial charge in [0.2, 0.25) is 33.7 Å². The van der Waals surface area contributed by atoms with Gasteiger partial charge in [-0.3, -0.25) is 43.4 Å². The molecule has 1 unspecified atom stereocenters. The number of fused-ring (bicyclic) bond motifs is 1. The summed E-state index contributed by atoms with van der Waals surface area (Å²) in [5, 5.41) is 15.0. The zero-order valence-electron chi connectivity index (χ0n) is 39.6. The average Bonchev–Trinajstić information content (AvgIpc) is 3.58. The number of aromatic nitrogens is 4. The van der Waals surface area contributed by atoms with Crippen LogP contribution in [0.2, 0.25) is 5.02 Å². The van der Waals surface area contributed by atoms with Crippen LogP contribution in [-0.4, -0.2) is 136 Å². The van der Waals surface area contributed by atoms with E-state index in [1.54, 1.807) is 43.4 Å². The molecule has 6 heterocycles. The van der Waals surface area contributed by atoms with Crippen molar-refractivity contribution in [1.82, 2.24) is 39.1 Å². The Hall–Kier alpha value is -6.24. The number of piperidine rings is 2. The van der Waals surface area contributed by atoms with Gasteiger partial charge in [-0.05, 0) is 85.9 Å². The highest BCUT2D eigenvalue weighted by molar-refractivity contribution is 7.93. The van der Waals surface area contributed by atoms with E-state index in [9.17, 15) is 32.9 Å². The van der Waals surface area contributed by atoms with Gasteiger partial charge in [-0.15, -0.1) is 11.6 Å². The molecule has 2 aromatic heterocycles. The molecule has 9 rings (SSSR count). The van der Waals surface area contributed by atoms with E-state index in [1.807, 2.05) is 43.0 Å². The second-order valence-electron chi connectivity index (χ2n) is 18.9. The predicted molar refractivity (Wildman–Crippen MR) is 267 cm³/mol. The van der Waals surface area contributed by atoms with E-state index in [2.05, 4.69) is 41.2 Å². The minimum absolute atomic E-state index is 0.00965. The Labute approximate surface area is 421 Å². The molecule has 1 atom stereocenters. The fourth-order valence-corrected chi connectivity index (χ4v) is 11.6. The summed E-state index contributed by atoms with van der Waals surface area (Å²) >= 11 is 12.3.